The summed E-state index contributed by atoms with van der Waals surface area (Å²) in [7, 11) is 0. The van der Waals surface area contributed by atoms with Gasteiger partial charge in [0.15, 0.2) is 6.54 Å². The van der Waals surface area contributed by atoms with E-state index in [9.17, 15) is 4.79 Å². The molecule has 2 aromatic rings. The van der Waals surface area contributed by atoms with Gasteiger partial charge < -0.3 is 10.2 Å². The standard InChI is InChI=1S/C21H28N4OS/c1-18-5-7-19(8-6-18)17-27-15-10-23-21(26)16-24-11-13-25(14-12-24)20-4-2-3-9-22-20/h2-9H,10-17H2,1H3,(H,23,26)/p+2. The Morgan fingerprint density at radius 1 is 1.19 bits per heavy atom. The predicted octanol–water partition coefficient (Wildman–Crippen LogP) is 0.564. The number of aryl methyl sites for hydroxylation is 1. The van der Waals surface area contributed by atoms with E-state index in [2.05, 4.69) is 58.5 Å². The van der Waals surface area contributed by atoms with Crippen LogP contribution in [0, 0.1) is 6.92 Å². The molecule has 6 heteroatoms. The molecule has 1 fully saturated rings. The van der Waals surface area contributed by atoms with E-state index in [4.69, 9.17) is 0 Å². The average molecular weight is 387 g/mol. The molecule has 3 N–H and O–H groups in total. The average Bonchev–Trinajstić information content (AvgIpc) is 2.70. The number of H-pyrrole nitrogens is 1. The molecular formula is C21H30N4OS+2. The lowest BCUT2D eigenvalue weighted by Gasteiger charge is -2.27. The molecule has 3 rings (SSSR count). The van der Waals surface area contributed by atoms with Gasteiger partial charge in [0.25, 0.3) is 11.7 Å². The molecule has 27 heavy (non-hydrogen) atoms. The van der Waals surface area contributed by atoms with Crippen LogP contribution in [-0.4, -0.2) is 50.9 Å². The minimum absolute atomic E-state index is 0.167. The number of pyridine rings is 1. The van der Waals surface area contributed by atoms with Crippen LogP contribution < -0.4 is 20.1 Å². The van der Waals surface area contributed by atoms with Gasteiger partial charge >= 0.3 is 0 Å². The maximum atomic E-state index is 12.2. The van der Waals surface area contributed by atoms with Crippen LogP contribution in [0.2, 0.25) is 0 Å². The van der Waals surface area contributed by atoms with E-state index >= 15 is 0 Å². The first-order valence-electron chi connectivity index (χ1n) is 9.66. The number of nitrogens with zero attached hydrogens (tertiary/aromatic N) is 1. The quantitative estimate of drug-likeness (QED) is 0.652. The predicted molar refractivity (Wildman–Crippen MR) is 111 cm³/mol. The Labute approximate surface area is 166 Å². The van der Waals surface area contributed by atoms with Crippen molar-refractivity contribution < 1.29 is 14.7 Å². The van der Waals surface area contributed by atoms with E-state index in [1.54, 1.807) is 0 Å². The van der Waals surface area contributed by atoms with Crippen LogP contribution in [0.1, 0.15) is 11.1 Å². The number of piperazine rings is 1. The van der Waals surface area contributed by atoms with Gasteiger partial charge in [-0.3, -0.25) is 9.69 Å². The highest BCUT2D eigenvalue weighted by Crippen LogP contribution is 2.12. The van der Waals surface area contributed by atoms with E-state index in [0.29, 0.717) is 6.54 Å². The van der Waals surface area contributed by atoms with Crippen LogP contribution in [-0.2, 0) is 10.5 Å². The molecule has 0 radical (unpaired) electrons. The summed E-state index contributed by atoms with van der Waals surface area (Å²) >= 11 is 1.87. The molecule has 0 spiro atoms. The maximum absolute atomic E-state index is 12.2. The zero-order chi connectivity index (χ0) is 18.9. The molecule has 1 aromatic heterocycles. The number of hydrogen-bond acceptors (Lipinski definition) is 3. The number of amides is 1. The number of carbonyl (C=O) groups is 1. The zero-order valence-electron chi connectivity index (χ0n) is 16.0. The lowest BCUT2D eigenvalue weighted by molar-refractivity contribution is -0.892. The van der Waals surface area contributed by atoms with Gasteiger partial charge in [-0.05, 0) is 18.6 Å². The Hall–Kier alpha value is -2.05. The van der Waals surface area contributed by atoms with Crippen molar-refractivity contribution in [2.45, 2.75) is 12.7 Å². The van der Waals surface area contributed by atoms with Gasteiger partial charge in [0.1, 0.15) is 26.2 Å². The lowest BCUT2D eigenvalue weighted by atomic mass is 10.2. The minimum atomic E-state index is 0.167. The van der Waals surface area contributed by atoms with Crippen molar-refractivity contribution in [1.82, 2.24) is 5.32 Å². The highest BCUT2D eigenvalue weighted by atomic mass is 32.2. The minimum Gasteiger partial charge on any atom is -0.350 e. The number of aromatic amines is 1. The first-order chi connectivity index (χ1) is 13.2. The normalized spacial score (nSPS) is 14.9. The van der Waals surface area contributed by atoms with Gasteiger partial charge in [-0.25, -0.2) is 4.98 Å². The van der Waals surface area contributed by atoms with Crippen LogP contribution in [0.25, 0.3) is 0 Å². The van der Waals surface area contributed by atoms with Crippen molar-refractivity contribution >= 4 is 23.5 Å². The van der Waals surface area contributed by atoms with Crippen molar-refractivity contribution in [2.24, 2.45) is 0 Å². The number of aromatic nitrogens is 1. The number of thioether (sulfide) groups is 1. The van der Waals surface area contributed by atoms with Gasteiger partial charge in [-0.1, -0.05) is 35.9 Å². The highest BCUT2D eigenvalue weighted by Gasteiger charge is 2.26. The molecule has 1 saturated heterocycles. The summed E-state index contributed by atoms with van der Waals surface area (Å²) < 4.78 is 0. The first kappa shape index (κ1) is 19.7. The van der Waals surface area contributed by atoms with Crippen LogP contribution in [0.4, 0.5) is 5.82 Å². The summed E-state index contributed by atoms with van der Waals surface area (Å²) in [5.74, 6) is 3.28. The zero-order valence-corrected chi connectivity index (χ0v) is 16.9. The fourth-order valence-corrected chi connectivity index (χ4v) is 4.07. The van der Waals surface area contributed by atoms with Crippen molar-refractivity contribution in [1.29, 1.82) is 0 Å². The largest absolute Gasteiger partial charge is 0.350 e. The number of anilines is 1. The Morgan fingerprint density at radius 2 is 1.96 bits per heavy atom. The number of nitrogens with one attached hydrogen (secondary N) is 3. The van der Waals surface area contributed by atoms with Gasteiger partial charge in [-0.2, -0.15) is 11.8 Å². The summed E-state index contributed by atoms with van der Waals surface area (Å²) in [6, 6.07) is 14.8. The molecule has 0 atom stereocenters. The Morgan fingerprint density at radius 3 is 2.67 bits per heavy atom. The Balaban J connectivity index is 1.27. The fraction of sp³-hybridized carbons (Fsp3) is 0.429. The molecule has 0 unspecified atom stereocenters. The molecule has 1 aromatic carbocycles. The van der Waals surface area contributed by atoms with E-state index in [-0.39, 0.29) is 5.91 Å². The molecule has 0 bridgehead atoms. The fourth-order valence-electron chi connectivity index (χ4n) is 3.25. The van der Waals surface area contributed by atoms with Gasteiger partial charge in [0, 0.05) is 24.1 Å². The van der Waals surface area contributed by atoms with Crippen molar-refractivity contribution in [2.75, 3.05) is 49.9 Å². The maximum Gasteiger partial charge on any atom is 0.275 e. The molecule has 2 heterocycles. The van der Waals surface area contributed by atoms with Crippen molar-refractivity contribution in [3.05, 3.63) is 59.8 Å². The van der Waals surface area contributed by atoms with Crippen molar-refractivity contribution in [3.63, 3.8) is 0 Å². The second-order valence-corrected chi connectivity index (χ2v) is 8.15. The topological polar surface area (TPSA) is 50.9 Å². The van der Waals surface area contributed by atoms with Crippen LogP contribution >= 0.6 is 11.8 Å². The Kier molecular flexibility index (Phi) is 7.54. The molecule has 1 aliphatic heterocycles. The molecular weight excluding hydrogens is 356 g/mol. The molecule has 1 amide bonds. The van der Waals surface area contributed by atoms with Crippen LogP contribution in [0.15, 0.2) is 48.7 Å². The van der Waals surface area contributed by atoms with E-state index in [1.807, 2.05) is 24.0 Å². The van der Waals surface area contributed by atoms with Crippen LogP contribution in [0.3, 0.4) is 0 Å². The monoisotopic (exact) mass is 386 g/mol. The number of hydrogen-bond donors (Lipinski definition) is 2. The first-order valence-corrected chi connectivity index (χ1v) is 10.8. The third-order valence-corrected chi connectivity index (χ3v) is 5.90. The van der Waals surface area contributed by atoms with Crippen molar-refractivity contribution in [3.8, 4) is 0 Å². The van der Waals surface area contributed by atoms with Crippen LogP contribution in [0.5, 0.6) is 0 Å². The van der Waals surface area contributed by atoms with E-state index in [0.717, 1.165) is 50.0 Å². The third kappa shape index (κ3) is 6.56. The smallest absolute Gasteiger partial charge is 0.275 e. The Bertz CT molecular complexity index is 700. The van der Waals surface area contributed by atoms with E-state index in [1.165, 1.54) is 16.0 Å². The van der Waals surface area contributed by atoms with E-state index < -0.39 is 0 Å². The number of carbonyl (C=O) groups excluding carboxylic acids is 1. The number of benzene rings is 1. The highest BCUT2D eigenvalue weighted by molar-refractivity contribution is 7.98. The second kappa shape index (κ2) is 10.3. The lowest BCUT2D eigenvalue weighted by Crippen LogP contribution is -3.16. The number of rotatable bonds is 8. The summed E-state index contributed by atoms with van der Waals surface area (Å²) in [5, 5.41) is 3.07. The molecule has 5 nitrogen and oxygen atoms in total. The van der Waals surface area contributed by atoms with Gasteiger partial charge in [0.05, 0.1) is 6.20 Å². The summed E-state index contributed by atoms with van der Waals surface area (Å²) in [4.78, 5) is 19.2. The number of quaternary nitrogens is 1. The SMILES string of the molecule is Cc1ccc(CSCCNC(=O)C[NH+]2CCN(c3cccc[nH+]3)CC2)cc1. The molecule has 0 aliphatic carbocycles. The molecule has 0 saturated carbocycles. The third-order valence-electron chi connectivity index (χ3n) is 4.87. The summed E-state index contributed by atoms with van der Waals surface area (Å²) in [6.45, 7) is 7.39. The summed E-state index contributed by atoms with van der Waals surface area (Å²) in [5.41, 5.74) is 2.64. The molecule has 1 aliphatic rings. The second-order valence-electron chi connectivity index (χ2n) is 7.05. The van der Waals surface area contributed by atoms with Gasteiger partial charge in [-0.15, -0.1) is 0 Å². The summed E-state index contributed by atoms with van der Waals surface area (Å²) in [6.07, 6.45) is 1.96. The molecule has 144 valence electrons. The van der Waals surface area contributed by atoms with Gasteiger partial charge in [0.2, 0.25) is 0 Å².